The molecule has 0 aliphatic heterocycles. The standard InChI is InChI=1S/C25H30N2O/c28-25(23-17-7-4-8-18-23)27-26-24-19-11-9-15-22(16-10-12-20-24)21-13-5-2-1-3-6-14-21/h1-8,13-14,17-18,22H,9-12,15-16,19-20H2,(H,27,28)/b2-1-,3-1?,5-2?,6-3-,13-5?,14-6?,21-13?,21-14?,26-24?. The number of allylic oxidation sites excluding steroid dienone is 8. The zero-order valence-electron chi connectivity index (χ0n) is 16.5. The lowest BCUT2D eigenvalue weighted by Crippen LogP contribution is -2.20. The molecule has 0 saturated heterocycles. The number of nitrogens with one attached hydrogen (secondary N) is 1. The quantitative estimate of drug-likeness (QED) is 0.635. The van der Waals surface area contributed by atoms with Crippen LogP contribution in [0, 0.1) is 5.92 Å². The van der Waals surface area contributed by atoms with Crippen LogP contribution in [0.15, 0.2) is 83.5 Å². The molecule has 1 N–H and O–H groups in total. The van der Waals surface area contributed by atoms with Crippen LogP contribution in [0.5, 0.6) is 0 Å². The van der Waals surface area contributed by atoms with Gasteiger partial charge in [0.05, 0.1) is 0 Å². The highest BCUT2D eigenvalue weighted by atomic mass is 16.2. The first-order valence-electron chi connectivity index (χ1n) is 10.5. The van der Waals surface area contributed by atoms with E-state index in [1.165, 1.54) is 31.3 Å². The summed E-state index contributed by atoms with van der Waals surface area (Å²) >= 11 is 0. The van der Waals surface area contributed by atoms with E-state index in [1.54, 1.807) is 0 Å². The molecule has 1 aromatic carbocycles. The second-order valence-electron chi connectivity index (χ2n) is 7.47. The van der Waals surface area contributed by atoms with Gasteiger partial charge < -0.3 is 0 Å². The molecule has 0 aromatic heterocycles. The van der Waals surface area contributed by atoms with E-state index in [0.29, 0.717) is 11.5 Å². The van der Waals surface area contributed by atoms with Gasteiger partial charge in [-0.3, -0.25) is 4.79 Å². The Labute approximate surface area is 168 Å². The Morgan fingerprint density at radius 1 is 0.857 bits per heavy atom. The van der Waals surface area contributed by atoms with E-state index in [2.05, 4.69) is 53.1 Å². The molecule has 1 aromatic rings. The summed E-state index contributed by atoms with van der Waals surface area (Å²) in [5, 5.41) is 4.44. The van der Waals surface area contributed by atoms with Crippen molar-refractivity contribution in [3.63, 3.8) is 0 Å². The zero-order chi connectivity index (χ0) is 19.4. The average Bonchev–Trinajstić information content (AvgIpc) is 2.71. The summed E-state index contributed by atoms with van der Waals surface area (Å²) < 4.78 is 0. The lowest BCUT2D eigenvalue weighted by molar-refractivity contribution is 0.0954. The Bertz CT molecular complexity index is 770. The molecule has 3 heteroatoms. The van der Waals surface area contributed by atoms with Crippen molar-refractivity contribution in [1.82, 2.24) is 5.43 Å². The molecule has 0 atom stereocenters. The Morgan fingerprint density at radius 3 is 2.29 bits per heavy atom. The molecule has 0 spiro atoms. The van der Waals surface area contributed by atoms with Gasteiger partial charge in [0.1, 0.15) is 0 Å². The number of carbonyl (C=O) groups is 1. The Kier molecular flexibility index (Phi) is 8.05. The molecule has 2 aliphatic carbocycles. The molecule has 0 unspecified atom stereocenters. The van der Waals surface area contributed by atoms with Crippen LogP contribution in [0.2, 0.25) is 0 Å². The summed E-state index contributed by atoms with van der Waals surface area (Å²) in [5.41, 5.74) is 5.97. The summed E-state index contributed by atoms with van der Waals surface area (Å²) in [6, 6.07) is 9.27. The largest absolute Gasteiger partial charge is 0.271 e. The Morgan fingerprint density at radius 2 is 1.54 bits per heavy atom. The minimum Gasteiger partial charge on any atom is -0.267 e. The SMILES string of the molecule is O=C(NN=C1CCCCC(C2=C/C=C\C=C/C=C2)CCCC1)c1ccccc1. The van der Waals surface area contributed by atoms with Crippen LogP contribution in [0.3, 0.4) is 0 Å². The fourth-order valence-corrected chi connectivity index (χ4v) is 3.79. The molecular formula is C25H30N2O. The van der Waals surface area contributed by atoms with Gasteiger partial charge in [0.2, 0.25) is 0 Å². The van der Waals surface area contributed by atoms with E-state index in [0.717, 1.165) is 31.4 Å². The van der Waals surface area contributed by atoms with Gasteiger partial charge in [-0.25, -0.2) is 5.43 Å². The lowest BCUT2D eigenvalue weighted by atomic mass is 9.85. The van der Waals surface area contributed by atoms with E-state index >= 15 is 0 Å². The number of carbonyl (C=O) groups excluding carboxylic acids is 1. The predicted octanol–water partition coefficient (Wildman–Crippen LogP) is 6.13. The van der Waals surface area contributed by atoms with Gasteiger partial charge in [-0.05, 0) is 62.1 Å². The van der Waals surface area contributed by atoms with Crippen molar-refractivity contribution in [3.8, 4) is 0 Å². The normalized spacial score (nSPS) is 22.9. The monoisotopic (exact) mass is 374 g/mol. The topological polar surface area (TPSA) is 41.5 Å². The van der Waals surface area contributed by atoms with Crippen LogP contribution in [0.25, 0.3) is 0 Å². The van der Waals surface area contributed by atoms with E-state index in [-0.39, 0.29) is 5.91 Å². The third-order valence-corrected chi connectivity index (χ3v) is 5.38. The van der Waals surface area contributed by atoms with Crippen LogP contribution in [-0.2, 0) is 0 Å². The molecular weight excluding hydrogens is 344 g/mol. The predicted molar refractivity (Wildman–Crippen MR) is 117 cm³/mol. The minimum absolute atomic E-state index is 0.129. The van der Waals surface area contributed by atoms with Crippen LogP contribution >= 0.6 is 0 Å². The maximum absolute atomic E-state index is 12.2. The number of benzene rings is 1. The summed E-state index contributed by atoms with van der Waals surface area (Å²) in [5.74, 6) is 0.513. The second-order valence-corrected chi connectivity index (χ2v) is 7.47. The number of hydrogen-bond donors (Lipinski definition) is 1. The molecule has 28 heavy (non-hydrogen) atoms. The number of amides is 1. The summed E-state index contributed by atoms with van der Waals surface area (Å²) in [7, 11) is 0. The van der Waals surface area contributed by atoms with Crippen molar-refractivity contribution in [2.75, 3.05) is 0 Å². The molecule has 3 rings (SSSR count). The van der Waals surface area contributed by atoms with Crippen molar-refractivity contribution in [3.05, 3.63) is 84.0 Å². The fourth-order valence-electron chi connectivity index (χ4n) is 3.79. The van der Waals surface area contributed by atoms with Crippen molar-refractivity contribution in [2.24, 2.45) is 11.0 Å². The zero-order valence-corrected chi connectivity index (χ0v) is 16.5. The highest BCUT2D eigenvalue weighted by molar-refractivity contribution is 5.95. The highest BCUT2D eigenvalue weighted by Gasteiger charge is 2.14. The molecule has 1 fully saturated rings. The molecule has 0 heterocycles. The minimum atomic E-state index is -0.129. The first kappa shape index (κ1) is 20.1. The van der Waals surface area contributed by atoms with Crippen LogP contribution < -0.4 is 5.43 Å². The van der Waals surface area contributed by atoms with Gasteiger partial charge >= 0.3 is 0 Å². The Hall–Kier alpha value is -2.68. The molecule has 3 nitrogen and oxygen atoms in total. The van der Waals surface area contributed by atoms with E-state index < -0.39 is 0 Å². The van der Waals surface area contributed by atoms with Crippen LogP contribution in [0.4, 0.5) is 0 Å². The van der Waals surface area contributed by atoms with Gasteiger partial charge in [0.15, 0.2) is 0 Å². The first-order valence-corrected chi connectivity index (χ1v) is 10.5. The van der Waals surface area contributed by atoms with Crippen molar-refractivity contribution in [2.45, 2.75) is 51.4 Å². The van der Waals surface area contributed by atoms with E-state index in [1.807, 2.05) is 30.3 Å². The molecule has 0 bridgehead atoms. The van der Waals surface area contributed by atoms with Gasteiger partial charge in [0, 0.05) is 11.3 Å². The third-order valence-electron chi connectivity index (χ3n) is 5.38. The lowest BCUT2D eigenvalue weighted by Gasteiger charge is -2.20. The first-order chi connectivity index (χ1) is 13.8. The third kappa shape index (κ3) is 6.49. The van der Waals surface area contributed by atoms with E-state index in [9.17, 15) is 4.79 Å². The number of rotatable bonds is 3. The molecule has 2 aliphatic rings. The van der Waals surface area contributed by atoms with Crippen molar-refractivity contribution < 1.29 is 4.79 Å². The highest BCUT2D eigenvalue weighted by Crippen LogP contribution is 2.28. The summed E-state index contributed by atoms with van der Waals surface area (Å²) in [6.07, 6.45) is 24.1. The molecule has 1 amide bonds. The second kappa shape index (κ2) is 11.2. The maximum atomic E-state index is 12.2. The molecule has 0 radical (unpaired) electrons. The van der Waals surface area contributed by atoms with Gasteiger partial charge in [-0.2, -0.15) is 5.10 Å². The number of nitrogens with zero attached hydrogens (tertiary/aromatic N) is 1. The van der Waals surface area contributed by atoms with Gasteiger partial charge in [-0.15, -0.1) is 0 Å². The van der Waals surface area contributed by atoms with E-state index in [4.69, 9.17) is 0 Å². The van der Waals surface area contributed by atoms with Crippen molar-refractivity contribution in [1.29, 1.82) is 0 Å². The fraction of sp³-hybridized carbons (Fsp3) is 0.360. The smallest absolute Gasteiger partial charge is 0.267 e. The van der Waals surface area contributed by atoms with Crippen molar-refractivity contribution >= 4 is 11.6 Å². The number of hydrogen-bond acceptors (Lipinski definition) is 2. The van der Waals surface area contributed by atoms with Gasteiger partial charge in [-0.1, -0.05) is 73.6 Å². The average molecular weight is 375 g/mol. The molecule has 146 valence electrons. The van der Waals surface area contributed by atoms with Crippen LogP contribution in [0.1, 0.15) is 61.7 Å². The molecule has 1 saturated carbocycles. The summed E-state index contributed by atoms with van der Waals surface area (Å²) in [6.45, 7) is 0. The Balaban J connectivity index is 1.53. The maximum Gasteiger partial charge on any atom is 0.271 e. The summed E-state index contributed by atoms with van der Waals surface area (Å²) in [4.78, 5) is 12.2. The van der Waals surface area contributed by atoms with Gasteiger partial charge in [0.25, 0.3) is 5.91 Å². The number of hydrazone groups is 1. The van der Waals surface area contributed by atoms with Crippen LogP contribution in [-0.4, -0.2) is 11.6 Å².